The number of fused-ring (bicyclic) bond motifs is 3. The Kier molecular flexibility index (Phi) is 4.06. The molecule has 0 spiro atoms. The van der Waals surface area contributed by atoms with E-state index in [1.54, 1.807) is 12.1 Å². The van der Waals surface area contributed by atoms with Gasteiger partial charge < -0.3 is 5.32 Å². The quantitative estimate of drug-likeness (QED) is 0.390. The third-order valence-electron chi connectivity index (χ3n) is 4.22. The van der Waals surface area contributed by atoms with Crippen molar-refractivity contribution in [2.75, 3.05) is 5.32 Å². The standard InChI is InChI=1S/C20H13ClINO/c21-19-8-5-14(22)11-18(19)20(24)23-15-6-7-17-13(10-15)9-12-3-1-2-4-16(12)17/h1-8,10-11H,9H2,(H,23,24). The topological polar surface area (TPSA) is 29.1 Å². The first-order valence-corrected chi connectivity index (χ1v) is 9.05. The van der Waals surface area contributed by atoms with Gasteiger partial charge in [-0.25, -0.2) is 0 Å². The molecule has 0 heterocycles. The molecular weight excluding hydrogens is 433 g/mol. The van der Waals surface area contributed by atoms with Gasteiger partial charge in [0.25, 0.3) is 5.91 Å². The van der Waals surface area contributed by atoms with Gasteiger partial charge in [0.2, 0.25) is 0 Å². The molecule has 0 aromatic heterocycles. The highest BCUT2D eigenvalue weighted by atomic mass is 127. The van der Waals surface area contributed by atoms with E-state index in [9.17, 15) is 4.79 Å². The number of carbonyl (C=O) groups excluding carboxylic acids is 1. The fourth-order valence-corrected chi connectivity index (χ4v) is 3.79. The Hall–Kier alpha value is -1.85. The molecule has 0 atom stereocenters. The van der Waals surface area contributed by atoms with E-state index in [-0.39, 0.29) is 5.91 Å². The number of hydrogen-bond acceptors (Lipinski definition) is 1. The molecule has 0 radical (unpaired) electrons. The number of carbonyl (C=O) groups is 1. The first kappa shape index (κ1) is 15.7. The largest absolute Gasteiger partial charge is 0.322 e. The van der Waals surface area contributed by atoms with E-state index in [0.717, 1.165) is 15.7 Å². The summed E-state index contributed by atoms with van der Waals surface area (Å²) in [6.45, 7) is 0. The molecule has 1 aliphatic rings. The number of benzene rings is 3. The van der Waals surface area contributed by atoms with Gasteiger partial charge in [0, 0.05) is 9.26 Å². The van der Waals surface area contributed by atoms with Gasteiger partial charge in [0.1, 0.15) is 0 Å². The SMILES string of the molecule is O=C(Nc1ccc2c(c1)Cc1ccccc1-2)c1cc(I)ccc1Cl. The van der Waals surface area contributed by atoms with Gasteiger partial charge in [-0.15, -0.1) is 0 Å². The molecule has 24 heavy (non-hydrogen) atoms. The van der Waals surface area contributed by atoms with Crippen molar-refractivity contribution >= 4 is 45.8 Å². The second-order valence-corrected chi connectivity index (χ2v) is 7.44. The Bertz CT molecular complexity index is 968. The van der Waals surface area contributed by atoms with Crippen molar-refractivity contribution in [3.63, 3.8) is 0 Å². The summed E-state index contributed by atoms with van der Waals surface area (Å²) in [4.78, 5) is 12.5. The predicted octanol–water partition coefficient (Wildman–Crippen LogP) is 5.77. The molecule has 0 saturated heterocycles. The zero-order chi connectivity index (χ0) is 16.7. The van der Waals surface area contributed by atoms with Gasteiger partial charge in [-0.05, 0) is 81.6 Å². The Balaban J connectivity index is 1.62. The zero-order valence-electron chi connectivity index (χ0n) is 12.6. The average Bonchev–Trinajstić information content (AvgIpc) is 2.94. The van der Waals surface area contributed by atoms with Crippen LogP contribution in [0, 0.1) is 3.57 Å². The summed E-state index contributed by atoms with van der Waals surface area (Å²) in [5.41, 5.74) is 6.38. The van der Waals surface area contributed by atoms with Crippen LogP contribution in [0.4, 0.5) is 5.69 Å². The lowest BCUT2D eigenvalue weighted by atomic mass is 10.1. The van der Waals surface area contributed by atoms with Gasteiger partial charge in [-0.1, -0.05) is 41.9 Å². The number of hydrogen-bond donors (Lipinski definition) is 1. The van der Waals surface area contributed by atoms with E-state index in [4.69, 9.17) is 11.6 Å². The fraction of sp³-hybridized carbons (Fsp3) is 0.0500. The van der Waals surface area contributed by atoms with Crippen molar-refractivity contribution < 1.29 is 4.79 Å². The minimum Gasteiger partial charge on any atom is -0.322 e. The maximum atomic E-state index is 12.5. The van der Waals surface area contributed by atoms with Gasteiger partial charge in [0.15, 0.2) is 0 Å². The molecule has 0 unspecified atom stereocenters. The molecule has 3 aromatic rings. The molecule has 4 heteroatoms. The third-order valence-corrected chi connectivity index (χ3v) is 5.23. The Morgan fingerprint density at radius 3 is 2.62 bits per heavy atom. The minimum atomic E-state index is -0.186. The molecule has 3 aromatic carbocycles. The average molecular weight is 446 g/mol. The molecule has 0 fully saturated rings. The molecule has 1 N–H and O–H groups in total. The van der Waals surface area contributed by atoms with Crippen molar-refractivity contribution in [2.24, 2.45) is 0 Å². The second-order valence-electron chi connectivity index (χ2n) is 5.78. The number of rotatable bonds is 2. The molecule has 0 bridgehead atoms. The van der Waals surface area contributed by atoms with Crippen LogP contribution in [0.3, 0.4) is 0 Å². The summed E-state index contributed by atoms with van der Waals surface area (Å²) in [7, 11) is 0. The van der Waals surface area contributed by atoms with Crippen LogP contribution >= 0.6 is 34.2 Å². The summed E-state index contributed by atoms with van der Waals surface area (Å²) in [5, 5.41) is 3.42. The molecule has 118 valence electrons. The second kappa shape index (κ2) is 6.22. The maximum absolute atomic E-state index is 12.5. The van der Waals surface area contributed by atoms with Crippen LogP contribution in [-0.4, -0.2) is 5.91 Å². The molecule has 4 rings (SSSR count). The van der Waals surface area contributed by atoms with Crippen molar-refractivity contribution in [1.82, 2.24) is 0 Å². The van der Waals surface area contributed by atoms with Crippen LogP contribution < -0.4 is 5.32 Å². The Morgan fingerprint density at radius 2 is 1.75 bits per heavy atom. The van der Waals surface area contributed by atoms with E-state index < -0.39 is 0 Å². The van der Waals surface area contributed by atoms with Gasteiger partial charge >= 0.3 is 0 Å². The summed E-state index contributed by atoms with van der Waals surface area (Å²) in [5.74, 6) is -0.186. The molecule has 1 amide bonds. The van der Waals surface area contributed by atoms with E-state index in [0.29, 0.717) is 10.6 Å². The molecule has 0 saturated carbocycles. The highest BCUT2D eigenvalue weighted by Gasteiger charge is 2.18. The first-order valence-electron chi connectivity index (χ1n) is 7.59. The molecule has 0 aliphatic heterocycles. The fourth-order valence-electron chi connectivity index (χ4n) is 3.09. The first-order chi connectivity index (χ1) is 11.6. The van der Waals surface area contributed by atoms with Crippen LogP contribution in [-0.2, 0) is 6.42 Å². The highest BCUT2D eigenvalue weighted by Crippen LogP contribution is 2.37. The molecule has 2 nitrogen and oxygen atoms in total. The summed E-state index contributed by atoms with van der Waals surface area (Å²) >= 11 is 8.32. The van der Waals surface area contributed by atoms with Crippen molar-refractivity contribution in [2.45, 2.75) is 6.42 Å². The number of anilines is 1. The van der Waals surface area contributed by atoms with Gasteiger partial charge in [0.05, 0.1) is 10.6 Å². The van der Waals surface area contributed by atoms with Gasteiger partial charge in [-0.3, -0.25) is 4.79 Å². The van der Waals surface area contributed by atoms with Crippen molar-refractivity contribution in [3.05, 3.63) is 85.9 Å². The Morgan fingerprint density at radius 1 is 0.958 bits per heavy atom. The smallest absolute Gasteiger partial charge is 0.257 e. The number of nitrogens with one attached hydrogen (secondary N) is 1. The highest BCUT2D eigenvalue weighted by molar-refractivity contribution is 14.1. The monoisotopic (exact) mass is 445 g/mol. The van der Waals surface area contributed by atoms with Crippen LogP contribution in [0.1, 0.15) is 21.5 Å². The minimum absolute atomic E-state index is 0.186. The van der Waals surface area contributed by atoms with Crippen molar-refractivity contribution in [1.29, 1.82) is 0 Å². The summed E-state index contributed by atoms with van der Waals surface area (Å²) in [6.07, 6.45) is 0.902. The van der Waals surface area contributed by atoms with Crippen molar-refractivity contribution in [3.8, 4) is 11.1 Å². The third kappa shape index (κ3) is 2.82. The van der Waals surface area contributed by atoms with Crippen LogP contribution in [0.5, 0.6) is 0 Å². The normalized spacial score (nSPS) is 11.8. The van der Waals surface area contributed by atoms with E-state index >= 15 is 0 Å². The van der Waals surface area contributed by atoms with Crippen LogP contribution in [0.2, 0.25) is 5.02 Å². The van der Waals surface area contributed by atoms with Gasteiger partial charge in [-0.2, -0.15) is 0 Å². The van der Waals surface area contributed by atoms with Crippen LogP contribution in [0.15, 0.2) is 60.7 Å². The lowest BCUT2D eigenvalue weighted by molar-refractivity contribution is 0.102. The molecular formula is C20H13ClINO. The van der Waals surface area contributed by atoms with E-state index in [1.165, 1.54) is 22.3 Å². The summed E-state index contributed by atoms with van der Waals surface area (Å²) in [6, 6.07) is 19.9. The lowest BCUT2D eigenvalue weighted by Crippen LogP contribution is -2.12. The Labute approximate surface area is 159 Å². The van der Waals surface area contributed by atoms with Crippen LogP contribution in [0.25, 0.3) is 11.1 Å². The zero-order valence-corrected chi connectivity index (χ0v) is 15.6. The number of halogens is 2. The predicted molar refractivity (Wildman–Crippen MR) is 107 cm³/mol. The molecule has 1 aliphatic carbocycles. The van der Waals surface area contributed by atoms with E-state index in [1.807, 2.05) is 12.1 Å². The lowest BCUT2D eigenvalue weighted by Gasteiger charge is -2.09. The summed E-state index contributed by atoms with van der Waals surface area (Å²) < 4.78 is 0.978. The van der Waals surface area contributed by atoms with E-state index in [2.05, 4.69) is 64.3 Å². The maximum Gasteiger partial charge on any atom is 0.257 e. The number of amides is 1.